The summed E-state index contributed by atoms with van der Waals surface area (Å²) in [4.78, 5) is 2.39. The third-order valence-electron chi connectivity index (χ3n) is 9.28. The summed E-state index contributed by atoms with van der Waals surface area (Å²) in [6.07, 6.45) is 0. The maximum atomic E-state index is 2.39. The van der Waals surface area contributed by atoms with Gasteiger partial charge in [-0.25, -0.2) is 0 Å². The Hall–Kier alpha value is -5.96. The lowest BCUT2D eigenvalue weighted by Crippen LogP contribution is -2.10. The van der Waals surface area contributed by atoms with Gasteiger partial charge in [0.15, 0.2) is 0 Å². The van der Waals surface area contributed by atoms with Crippen molar-refractivity contribution in [3.63, 3.8) is 0 Å². The molecule has 0 fully saturated rings. The Kier molecular flexibility index (Phi) is 7.07. The maximum absolute atomic E-state index is 2.39. The first-order valence-electron chi connectivity index (χ1n) is 16.3. The van der Waals surface area contributed by atoms with Crippen LogP contribution in [0, 0.1) is 0 Å². The molecule has 0 aliphatic carbocycles. The summed E-state index contributed by atoms with van der Waals surface area (Å²) in [6, 6.07) is 68.1. The van der Waals surface area contributed by atoms with E-state index in [1.807, 2.05) is 11.3 Å². The molecule has 0 amide bonds. The van der Waals surface area contributed by atoms with Crippen LogP contribution in [0.5, 0.6) is 0 Å². The zero-order valence-electron chi connectivity index (χ0n) is 26.3. The molecule has 8 aromatic carbocycles. The Morgan fingerprint density at radius 1 is 0.354 bits per heavy atom. The van der Waals surface area contributed by atoms with E-state index in [2.05, 4.69) is 193 Å². The second-order valence-electron chi connectivity index (χ2n) is 12.2. The van der Waals surface area contributed by atoms with Gasteiger partial charge in [-0.1, -0.05) is 146 Å². The van der Waals surface area contributed by atoms with Gasteiger partial charge in [-0.2, -0.15) is 0 Å². The van der Waals surface area contributed by atoms with Crippen LogP contribution in [-0.4, -0.2) is 0 Å². The molecule has 9 aromatic rings. The van der Waals surface area contributed by atoms with E-state index in [1.54, 1.807) is 0 Å². The number of benzene rings is 8. The number of thiophene rings is 1. The van der Waals surface area contributed by atoms with Crippen LogP contribution < -0.4 is 4.90 Å². The van der Waals surface area contributed by atoms with E-state index in [-0.39, 0.29) is 0 Å². The molecule has 0 bridgehead atoms. The summed E-state index contributed by atoms with van der Waals surface area (Å²) in [5.41, 5.74) is 10.8. The zero-order chi connectivity index (χ0) is 31.9. The van der Waals surface area contributed by atoms with Crippen LogP contribution in [0.3, 0.4) is 0 Å². The predicted molar refractivity (Wildman–Crippen MR) is 208 cm³/mol. The summed E-state index contributed by atoms with van der Waals surface area (Å²) in [6.45, 7) is 0. The van der Waals surface area contributed by atoms with Crippen molar-refractivity contribution in [2.24, 2.45) is 0 Å². The van der Waals surface area contributed by atoms with Crippen LogP contribution >= 0.6 is 11.3 Å². The lowest BCUT2D eigenvalue weighted by atomic mass is 9.98. The molecule has 0 aliphatic heterocycles. The molecule has 0 saturated carbocycles. The van der Waals surface area contributed by atoms with Gasteiger partial charge in [-0.15, -0.1) is 11.3 Å². The highest BCUT2D eigenvalue weighted by atomic mass is 32.1. The van der Waals surface area contributed by atoms with E-state index in [9.17, 15) is 0 Å². The lowest BCUT2D eigenvalue weighted by Gasteiger charge is -2.27. The Labute approximate surface area is 284 Å². The van der Waals surface area contributed by atoms with Crippen molar-refractivity contribution >= 4 is 59.3 Å². The van der Waals surface area contributed by atoms with Crippen LogP contribution in [0.25, 0.3) is 64.3 Å². The SMILES string of the molecule is c1ccc(-c2cccc(-c3ccc(N(c4ccc(-c5cccc6c5sc5ccccc56)cc4)c4cccc5ccccc45)cc3)c2)cc1. The molecule has 1 heterocycles. The smallest absolute Gasteiger partial charge is 0.0540 e. The Bertz CT molecular complexity index is 2540. The Morgan fingerprint density at radius 2 is 0.896 bits per heavy atom. The fraction of sp³-hybridized carbons (Fsp3) is 0. The van der Waals surface area contributed by atoms with Crippen molar-refractivity contribution in [2.75, 3.05) is 4.90 Å². The molecule has 0 spiro atoms. The summed E-state index contributed by atoms with van der Waals surface area (Å²) in [5.74, 6) is 0. The highest BCUT2D eigenvalue weighted by Gasteiger charge is 2.17. The lowest BCUT2D eigenvalue weighted by molar-refractivity contribution is 1.30. The maximum Gasteiger partial charge on any atom is 0.0540 e. The molecule has 0 atom stereocenters. The van der Waals surface area contributed by atoms with Crippen molar-refractivity contribution in [3.8, 4) is 33.4 Å². The van der Waals surface area contributed by atoms with Gasteiger partial charge < -0.3 is 4.90 Å². The van der Waals surface area contributed by atoms with Crippen molar-refractivity contribution in [2.45, 2.75) is 0 Å². The van der Waals surface area contributed by atoms with Crippen LogP contribution in [-0.2, 0) is 0 Å². The van der Waals surface area contributed by atoms with Crippen LogP contribution in [0.1, 0.15) is 0 Å². The highest BCUT2D eigenvalue weighted by molar-refractivity contribution is 7.26. The number of hydrogen-bond donors (Lipinski definition) is 0. The molecule has 0 aliphatic rings. The molecule has 0 N–H and O–H groups in total. The van der Waals surface area contributed by atoms with Crippen LogP contribution in [0.4, 0.5) is 17.1 Å². The second-order valence-corrected chi connectivity index (χ2v) is 13.2. The van der Waals surface area contributed by atoms with E-state index >= 15 is 0 Å². The molecule has 1 aromatic heterocycles. The van der Waals surface area contributed by atoms with Crippen molar-refractivity contribution in [3.05, 3.63) is 188 Å². The first-order valence-corrected chi connectivity index (χ1v) is 17.2. The van der Waals surface area contributed by atoms with Gasteiger partial charge in [0.1, 0.15) is 0 Å². The summed E-state index contributed by atoms with van der Waals surface area (Å²) in [7, 11) is 0. The third-order valence-corrected chi connectivity index (χ3v) is 10.5. The minimum absolute atomic E-state index is 1.12. The van der Waals surface area contributed by atoms with Gasteiger partial charge in [0.2, 0.25) is 0 Å². The number of rotatable bonds is 6. The van der Waals surface area contributed by atoms with Gasteiger partial charge in [0.25, 0.3) is 0 Å². The average molecular weight is 630 g/mol. The molecule has 48 heavy (non-hydrogen) atoms. The predicted octanol–water partition coefficient (Wildman–Crippen LogP) is 13.7. The fourth-order valence-corrected chi connectivity index (χ4v) is 8.15. The molecule has 0 radical (unpaired) electrons. The third kappa shape index (κ3) is 5.04. The molecule has 226 valence electrons. The number of fused-ring (bicyclic) bond motifs is 4. The van der Waals surface area contributed by atoms with Gasteiger partial charge in [0.05, 0.1) is 5.69 Å². The van der Waals surface area contributed by atoms with Gasteiger partial charge in [-0.3, -0.25) is 0 Å². The Morgan fingerprint density at radius 3 is 1.67 bits per heavy atom. The van der Waals surface area contributed by atoms with Crippen molar-refractivity contribution < 1.29 is 0 Å². The van der Waals surface area contributed by atoms with E-state index in [1.165, 1.54) is 64.3 Å². The summed E-state index contributed by atoms with van der Waals surface area (Å²) < 4.78 is 2.67. The summed E-state index contributed by atoms with van der Waals surface area (Å²) in [5, 5.41) is 5.10. The van der Waals surface area contributed by atoms with Crippen molar-refractivity contribution in [1.82, 2.24) is 0 Å². The monoisotopic (exact) mass is 629 g/mol. The molecule has 2 heteroatoms. The normalized spacial score (nSPS) is 11.3. The highest BCUT2D eigenvalue weighted by Crippen LogP contribution is 2.43. The minimum atomic E-state index is 1.12. The fourth-order valence-electron chi connectivity index (χ4n) is 6.91. The standard InChI is InChI=1S/C46H31NS/c1-2-11-32(12-3-1)36-15-8-16-37(31-36)33-23-27-38(28-24-33)47(44-21-9-14-34-13-4-5-17-40(34)44)39-29-25-35(26-30-39)41-19-10-20-43-42-18-6-7-22-45(42)48-46(41)43/h1-31H. The summed E-state index contributed by atoms with van der Waals surface area (Å²) >= 11 is 1.88. The van der Waals surface area contributed by atoms with Crippen LogP contribution in [0.2, 0.25) is 0 Å². The van der Waals surface area contributed by atoms with Gasteiger partial charge >= 0.3 is 0 Å². The van der Waals surface area contributed by atoms with Crippen molar-refractivity contribution in [1.29, 1.82) is 0 Å². The minimum Gasteiger partial charge on any atom is -0.310 e. The largest absolute Gasteiger partial charge is 0.310 e. The molecular weight excluding hydrogens is 599 g/mol. The number of hydrogen-bond acceptors (Lipinski definition) is 2. The number of nitrogens with zero attached hydrogens (tertiary/aromatic N) is 1. The first kappa shape index (κ1) is 28.3. The molecule has 0 unspecified atom stereocenters. The molecule has 1 nitrogen and oxygen atoms in total. The quantitative estimate of drug-likeness (QED) is 0.177. The van der Waals surface area contributed by atoms with Crippen LogP contribution in [0.15, 0.2) is 188 Å². The Balaban J connectivity index is 1.13. The number of anilines is 3. The molecular formula is C46H31NS. The van der Waals surface area contributed by atoms with E-state index in [0.717, 1.165) is 17.1 Å². The van der Waals surface area contributed by atoms with E-state index in [4.69, 9.17) is 0 Å². The first-order chi connectivity index (χ1) is 23.8. The zero-order valence-corrected chi connectivity index (χ0v) is 27.1. The van der Waals surface area contributed by atoms with Gasteiger partial charge in [0, 0.05) is 36.9 Å². The second kappa shape index (κ2) is 12.0. The topological polar surface area (TPSA) is 3.24 Å². The van der Waals surface area contributed by atoms with E-state index in [0.29, 0.717) is 0 Å². The molecule has 0 saturated heterocycles. The van der Waals surface area contributed by atoms with E-state index < -0.39 is 0 Å². The average Bonchev–Trinajstić information content (AvgIpc) is 3.55. The van der Waals surface area contributed by atoms with Gasteiger partial charge in [-0.05, 0) is 81.2 Å². The molecule has 9 rings (SSSR count).